The number of ether oxygens (including phenoxy) is 1. The van der Waals surface area contributed by atoms with Crippen LogP contribution in [0.1, 0.15) is 32.3 Å². The van der Waals surface area contributed by atoms with Crippen LogP contribution in [0.25, 0.3) is 0 Å². The molecule has 3 nitrogen and oxygen atoms in total. The standard InChI is InChI=1S/C15H21NO2/c1-11(2)9-15(17)16-8-4-5-12-6-7-13(18-3)10-14(12)16/h6-7,10-11H,4-5,8-9H2,1-3H3. The average molecular weight is 247 g/mol. The minimum atomic E-state index is 0.221. The Hall–Kier alpha value is -1.51. The molecule has 0 saturated heterocycles. The van der Waals surface area contributed by atoms with Gasteiger partial charge in [-0.2, -0.15) is 0 Å². The molecule has 2 rings (SSSR count). The van der Waals surface area contributed by atoms with Crippen molar-refractivity contribution < 1.29 is 9.53 Å². The molecule has 3 heteroatoms. The summed E-state index contributed by atoms with van der Waals surface area (Å²) in [7, 11) is 1.66. The lowest BCUT2D eigenvalue weighted by molar-refractivity contribution is -0.119. The van der Waals surface area contributed by atoms with Gasteiger partial charge in [0.2, 0.25) is 5.91 Å². The number of rotatable bonds is 3. The molecule has 0 bridgehead atoms. The molecule has 1 aromatic rings. The van der Waals surface area contributed by atoms with E-state index in [0.29, 0.717) is 12.3 Å². The molecule has 1 amide bonds. The van der Waals surface area contributed by atoms with Crippen molar-refractivity contribution in [2.75, 3.05) is 18.6 Å². The van der Waals surface area contributed by atoms with Gasteiger partial charge in [0.15, 0.2) is 0 Å². The number of hydrogen-bond donors (Lipinski definition) is 0. The number of carbonyl (C=O) groups is 1. The molecule has 98 valence electrons. The van der Waals surface area contributed by atoms with Crippen LogP contribution in [0.5, 0.6) is 5.75 Å². The monoisotopic (exact) mass is 247 g/mol. The third kappa shape index (κ3) is 2.66. The molecule has 0 atom stereocenters. The summed E-state index contributed by atoms with van der Waals surface area (Å²) < 4.78 is 5.25. The number of fused-ring (bicyclic) bond motifs is 1. The van der Waals surface area contributed by atoms with Gasteiger partial charge in [0.25, 0.3) is 0 Å². The van der Waals surface area contributed by atoms with Crippen molar-refractivity contribution in [2.45, 2.75) is 33.1 Å². The number of carbonyl (C=O) groups excluding carboxylic acids is 1. The molecular formula is C15H21NO2. The van der Waals surface area contributed by atoms with E-state index in [1.165, 1.54) is 5.56 Å². The van der Waals surface area contributed by atoms with Gasteiger partial charge in [-0.15, -0.1) is 0 Å². The van der Waals surface area contributed by atoms with Crippen LogP contribution in [0.3, 0.4) is 0 Å². The average Bonchev–Trinajstić information content (AvgIpc) is 2.36. The second-order valence-electron chi connectivity index (χ2n) is 5.24. The Bertz CT molecular complexity index is 440. The maximum atomic E-state index is 12.3. The summed E-state index contributed by atoms with van der Waals surface area (Å²) in [6.45, 7) is 4.98. The SMILES string of the molecule is COc1ccc2c(c1)N(C(=O)CC(C)C)CCC2. The first-order valence-corrected chi connectivity index (χ1v) is 6.59. The maximum absolute atomic E-state index is 12.3. The van der Waals surface area contributed by atoms with E-state index in [1.54, 1.807) is 7.11 Å². The van der Waals surface area contributed by atoms with Gasteiger partial charge < -0.3 is 9.64 Å². The summed E-state index contributed by atoms with van der Waals surface area (Å²) in [5.74, 6) is 1.44. The molecule has 0 aromatic heterocycles. The smallest absolute Gasteiger partial charge is 0.227 e. The number of amides is 1. The predicted octanol–water partition coefficient (Wildman–Crippen LogP) is 3.02. The van der Waals surface area contributed by atoms with Crippen molar-refractivity contribution in [2.24, 2.45) is 5.92 Å². The van der Waals surface area contributed by atoms with Crippen molar-refractivity contribution in [3.8, 4) is 5.75 Å². The minimum Gasteiger partial charge on any atom is -0.497 e. The van der Waals surface area contributed by atoms with E-state index >= 15 is 0 Å². The van der Waals surface area contributed by atoms with Crippen molar-refractivity contribution >= 4 is 11.6 Å². The van der Waals surface area contributed by atoms with Crippen LogP contribution in [-0.2, 0) is 11.2 Å². The molecule has 0 N–H and O–H groups in total. The molecule has 0 aliphatic carbocycles. The molecule has 18 heavy (non-hydrogen) atoms. The summed E-state index contributed by atoms with van der Waals surface area (Å²) in [6.07, 6.45) is 2.70. The Balaban J connectivity index is 2.28. The van der Waals surface area contributed by atoms with Crippen LogP contribution in [-0.4, -0.2) is 19.6 Å². The molecule has 0 saturated carbocycles. The first kappa shape index (κ1) is 12.9. The summed E-state index contributed by atoms with van der Waals surface area (Å²) in [6, 6.07) is 6.02. The molecule has 0 fully saturated rings. The number of nitrogens with zero attached hydrogens (tertiary/aromatic N) is 1. The number of anilines is 1. The second-order valence-corrected chi connectivity index (χ2v) is 5.24. The first-order valence-electron chi connectivity index (χ1n) is 6.59. The molecule has 0 unspecified atom stereocenters. The van der Waals surface area contributed by atoms with Gasteiger partial charge in [0.05, 0.1) is 12.8 Å². The third-order valence-corrected chi connectivity index (χ3v) is 3.30. The van der Waals surface area contributed by atoms with E-state index in [1.807, 2.05) is 17.0 Å². The Morgan fingerprint density at radius 3 is 2.89 bits per heavy atom. The fourth-order valence-electron chi connectivity index (χ4n) is 2.40. The second kappa shape index (κ2) is 5.42. The van der Waals surface area contributed by atoms with Gasteiger partial charge in [0, 0.05) is 19.0 Å². The van der Waals surface area contributed by atoms with E-state index in [-0.39, 0.29) is 5.91 Å². The van der Waals surface area contributed by atoms with E-state index < -0.39 is 0 Å². The fraction of sp³-hybridized carbons (Fsp3) is 0.533. The highest BCUT2D eigenvalue weighted by Gasteiger charge is 2.23. The lowest BCUT2D eigenvalue weighted by atomic mass is 10.00. The Morgan fingerprint density at radius 2 is 2.22 bits per heavy atom. The molecule has 1 aromatic carbocycles. The predicted molar refractivity (Wildman–Crippen MR) is 73.1 cm³/mol. The van der Waals surface area contributed by atoms with E-state index in [9.17, 15) is 4.79 Å². The Morgan fingerprint density at radius 1 is 1.44 bits per heavy atom. The zero-order chi connectivity index (χ0) is 13.1. The van der Waals surface area contributed by atoms with Crippen molar-refractivity contribution in [3.63, 3.8) is 0 Å². The summed E-state index contributed by atoms with van der Waals surface area (Å²) >= 11 is 0. The third-order valence-electron chi connectivity index (χ3n) is 3.30. The molecule has 1 heterocycles. The lowest BCUT2D eigenvalue weighted by Crippen LogP contribution is -2.36. The highest BCUT2D eigenvalue weighted by molar-refractivity contribution is 5.94. The van der Waals surface area contributed by atoms with Crippen LogP contribution in [0, 0.1) is 5.92 Å². The van der Waals surface area contributed by atoms with E-state index in [4.69, 9.17) is 4.74 Å². The zero-order valence-corrected chi connectivity index (χ0v) is 11.4. The van der Waals surface area contributed by atoms with Crippen LogP contribution in [0.2, 0.25) is 0 Å². The molecule has 0 radical (unpaired) electrons. The van der Waals surface area contributed by atoms with E-state index in [0.717, 1.165) is 30.8 Å². The number of methoxy groups -OCH3 is 1. The Kier molecular flexibility index (Phi) is 3.90. The van der Waals surface area contributed by atoms with Gasteiger partial charge in [-0.1, -0.05) is 19.9 Å². The molecule has 1 aliphatic heterocycles. The molecule has 1 aliphatic rings. The Labute approximate surface area is 109 Å². The van der Waals surface area contributed by atoms with Crippen LogP contribution >= 0.6 is 0 Å². The zero-order valence-electron chi connectivity index (χ0n) is 11.4. The minimum absolute atomic E-state index is 0.221. The molecular weight excluding hydrogens is 226 g/mol. The summed E-state index contributed by atoms with van der Waals surface area (Å²) in [4.78, 5) is 14.2. The van der Waals surface area contributed by atoms with Crippen LogP contribution < -0.4 is 9.64 Å². The van der Waals surface area contributed by atoms with Crippen molar-refractivity contribution in [3.05, 3.63) is 23.8 Å². The fourth-order valence-corrected chi connectivity index (χ4v) is 2.40. The number of benzene rings is 1. The van der Waals surface area contributed by atoms with Crippen LogP contribution in [0.4, 0.5) is 5.69 Å². The normalized spacial score (nSPS) is 14.6. The number of hydrogen-bond acceptors (Lipinski definition) is 2. The van der Waals surface area contributed by atoms with Gasteiger partial charge in [-0.3, -0.25) is 4.79 Å². The summed E-state index contributed by atoms with van der Waals surface area (Å²) in [5, 5.41) is 0. The molecule has 0 spiro atoms. The number of aryl methyl sites for hydroxylation is 1. The van der Waals surface area contributed by atoms with Gasteiger partial charge >= 0.3 is 0 Å². The largest absolute Gasteiger partial charge is 0.497 e. The van der Waals surface area contributed by atoms with Crippen molar-refractivity contribution in [1.29, 1.82) is 0 Å². The quantitative estimate of drug-likeness (QED) is 0.821. The summed E-state index contributed by atoms with van der Waals surface area (Å²) in [5.41, 5.74) is 2.28. The lowest BCUT2D eigenvalue weighted by Gasteiger charge is -2.30. The highest BCUT2D eigenvalue weighted by Crippen LogP contribution is 2.31. The van der Waals surface area contributed by atoms with Gasteiger partial charge in [-0.05, 0) is 30.4 Å². The van der Waals surface area contributed by atoms with Gasteiger partial charge in [-0.25, -0.2) is 0 Å². The highest BCUT2D eigenvalue weighted by atomic mass is 16.5. The maximum Gasteiger partial charge on any atom is 0.227 e. The van der Waals surface area contributed by atoms with Gasteiger partial charge in [0.1, 0.15) is 5.75 Å². The topological polar surface area (TPSA) is 29.5 Å². The van der Waals surface area contributed by atoms with Crippen molar-refractivity contribution in [1.82, 2.24) is 0 Å². The first-order chi connectivity index (χ1) is 8.61. The van der Waals surface area contributed by atoms with E-state index in [2.05, 4.69) is 19.9 Å². The van der Waals surface area contributed by atoms with Crippen LogP contribution in [0.15, 0.2) is 18.2 Å².